The summed E-state index contributed by atoms with van der Waals surface area (Å²) >= 11 is 0. The van der Waals surface area contributed by atoms with Crippen LogP contribution in [-0.4, -0.2) is 40.9 Å². The first kappa shape index (κ1) is 18.4. The number of carbonyl (C=O) groups is 1. The molecule has 0 atom stereocenters. The lowest BCUT2D eigenvalue weighted by Crippen LogP contribution is -2.23. The molecule has 3 rings (SSSR count). The van der Waals surface area contributed by atoms with Gasteiger partial charge in [-0.05, 0) is 24.3 Å². The van der Waals surface area contributed by atoms with Gasteiger partial charge in [0.1, 0.15) is 29.7 Å². The van der Waals surface area contributed by atoms with Gasteiger partial charge in [-0.25, -0.2) is 22.9 Å². The molecule has 0 bridgehead atoms. The Kier molecular flexibility index (Phi) is 4.85. The molecule has 140 valence electrons. The van der Waals surface area contributed by atoms with E-state index in [-0.39, 0.29) is 23.3 Å². The molecule has 0 aliphatic carbocycles. The molecule has 3 aromatic rings. The summed E-state index contributed by atoms with van der Waals surface area (Å²) in [6, 6.07) is 5.54. The van der Waals surface area contributed by atoms with E-state index in [4.69, 9.17) is 0 Å². The zero-order valence-corrected chi connectivity index (χ0v) is 14.1. The Labute approximate surface area is 151 Å². The second-order valence-electron chi connectivity index (χ2n) is 5.79. The molecule has 1 aromatic carbocycles. The maximum absolute atomic E-state index is 14.3. The number of aromatic carboxylic acids is 1. The van der Waals surface area contributed by atoms with Gasteiger partial charge < -0.3 is 10.0 Å². The molecule has 0 unspecified atom stereocenters. The van der Waals surface area contributed by atoms with E-state index in [0.717, 1.165) is 22.9 Å². The summed E-state index contributed by atoms with van der Waals surface area (Å²) in [5.74, 6) is -2.95. The highest BCUT2D eigenvalue weighted by Gasteiger charge is 2.19. The van der Waals surface area contributed by atoms with Crippen LogP contribution in [0.25, 0.3) is 16.7 Å². The van der Waals surface area contributed by atoms with E-state index < -0.39 is 35.3 Å². The molecule has 9 heteroatoms. The zero-order valence-electron chi connectivity index (χ0n) is 14.1. The highest BCUT2D eigenvalue weighted by Crippen LogP contribution is 2.22. The topological polar surface area (TPSA) is 75.4 Å². The predicted molar refractivity (Wildman–Crippen MR) is 93.5 cm³/mol. The van der Waals surface area contributed by atoms with Crippen LogP contribution < -0.4 is 10.3 Å². The fourth-order valence-electron chi connectivity index (χ4n) is 2.66. The molecule has 0 amide bonds. The van der Waals surface area contributed by atoms with Crippen molar-refractivity contribution in [2.45, 2.75) is 0 Å². The van der Waals surface area contributed by atoms with Crippen LogP contribution in [-0.2, 0) is 0 Å². The highest BCUT2D eigenvalue weighted by atomic mass is 19.1. The van der Waals surface area contributed by atoms with Crippen LogP contribution in [0.1, 0.15) is 10.4 Å². The summed E-state index contributed by atoms with van der Waals surface area (Å²) in [5.41, 5.74) is -1.58. The van der Waals surface area contributed by atoms with Gasteiger partial charge >= 0.3 is 5.97 Å². The third-order valence-corrected chi connectivity index (χ3v) is 4.05. The second-order valence-corrected chi connectivity index (χ2v) is 5.79. The number of hydrogen-bond acceptors (Lipinski definition) is 4. The van der Waals surface area contributed by atoms with Gasteiger partial charge in [0.15, 0.2) is 5.65 Å². The van der Waals surface area contributed by atoms with E-state index in [1.54, 1.807) is 7.05 Å². The van der Waals surface area contributed by atoms with Crippen molar-refractivity contribution in [2.24, 2.45) is 0 Å². The summed E-state index contributed by atoms with van der Waals surface area (Å²) in [6.07, 6.45) is 0.940. The largest absolute Gasteiger partial charge is 0.477 e. The van der Waals surface area contributed by atoms with E-state index in [9.17, 15) is 27.9 Å². The minimum absolute atomic E-state index is 0.0290. The Hall–Kier alpha value is -3.36. The number of benzene rings is 1. The predicted octanol–water partition coefficient (Wildman–Crippen LogP) is 2.77. The van der Waals surface area contributed by atoms with Gasteiger partial charge in [0, 0.05) is 25.9 Å². The number of halogens is 3. The van der Waals surface area contributed by atoms with Gasteiger partial charge in [-0.1, -0.05) is 0 Å². The maximum atomic E-state index is 14.3. The van der Waals surface area contributed by atoms with Crippen LogP contribution in [0.3, 0.4) is 0 Å². The molecule has 1 N–H and O–H groups in total. The van der Waals surface area contributed by atoms with Gasteiger partial charge in [0.2, 0.25) is 5.43 Å². The molecule has 0 saturated heterocycles. The molecule has 0 radical (unpaired) electrons. The molecular formula is C18H14F3N3O3. The molecule has 6 nitrogen and oxygen atoms in total. The number of nitrogens with zero attached hydrogens (tertiary/aromatic N) is 3. The molecular weight excluding hydrogens is 363 g/mol. The minimum atomic E-state index is -1.49. The summed E-state index contributed by atoms with van der Waals surface area (Å²) in [7, 11) is 1.58. The number of carboxylic acid groups (broad SMARTS) is 1. The first-order chi connectivity index (χ1) is 12.8. The molecule has 0 aliphatic rings. The first-order valence-corrected chi connectivity index (χ1v) is 7.85. The van der Waals surface area contributed by atoms with Crippen LogP contribution in [0, 0.1) is 11.6 Å². The Morgan fingerprint density at radius 2 is 2.00 bits per heavy atom. The number of carboxylic acids is 1. The molecule has 0 saturated carbocycles. The van der Waals surface area contributed by atoms with Crippen molar-refractivity contribution in [3.63, 3.8) is 0 Å². The molecule has 0 aliphatic heterocycles. The first-order valence-electron chi connectivity index (χ1n) is 7.85. The minimum Gasteiger partial charge on any atom is -0.477 e. The van der Waals surface area contributed by atoms with Crippen LogP contribution in [0.2, 0.25) is 0 Å². The van der Waals surface area contributed by atoms with Crippen LogP contribution in [0.4, 0.5) is 19.0 Å². The van der Waals surface area contributed by atoms with Crippen molar-refractivity contribution in [1.29, 1.82) is 0 Å². The second kappa shape index (κ2) is 7.10. The van der Waals surface area contributed by atoms with Crippen molar-refractivity contribution in [1.82, 2.24) is 9.55 Å². The van der Waals surface area contributed by atoms with Crippen molar-refractivity contribution < 1.29 is 23.1 Å². The fraction of sp³-hybridized carbons (Fsp3) is 0.167. The van der Waals surface area contributed by atoms with Crippen molar-refractivity contribution >= 4 is 22.8 Å². The van der Waals surface area contributed by atoms with E-state index in [2.05, 4.69) is 4.98 Å². The van der Waals surface area contributed by atoms with Gasteiger partial charge in [-0.15, -0.1) is 0 Å². The van der Waals surface area contributed by atoms with E-state index in [0.29, 0.717) is 11.9 Å². The fourth-order valence-corrected chi connectivity index (χ4v) is 2.66. The van der Waals surface area contributed by atoms with Crippen molar-refractivity contribution in [3.8, 4) is 5.69 Å². The monoisotopic (exact) mass is 377 g/mol. The van der Waals surface area contributed by atoms with Crippen molar-refractivity contribution in [2.75, 3.05) is 25.2 Å². The SMILES string of the molecule is CN(CCF)c1ccc2c(=O)c(C(=O)O)cn(-c3ccc(F)cc3F)c2n1. The summed E-state index contributed by atoms with van der Waals surface area (Å²) in [5, 5.41) is 9.23. The molecule has 27 heavy (non-hydrogen) atoms. The Bertz CT molecular complexity index is 1100. The zero-order chi connectivity index (χ0) is 19.7. The van der Waals surface area contributed by atoms with E-state index in [1.807, 2.05) is 0 Å². The highest BCUT2D eigenvalue weighted by molar-refractivity contribution is 5.92. The molecule has 2 aromatic heterocycles. The van der Waals surface area contributed by atoms with E-state index in [1.165, 1.54) is 17.0 Å². The lowest BCUT2D eigenvalue weighted by molar-refractivity contribution is 0.0695. The van der Waals surface area contributed by atoms with Gasteiger partial charge in [-0.3, -0.25) is 9.36 Å². The number of alkyl halides is 1. The average molecular weight is 377 g/mol. The normalized spacial score (nSPS) is 11.0. The Balaban J connectivity index is 2.37. The Morgan fingerprint density at radius 3 is 2.63 bits per heavy atom. The lowest BCUT2D eigenvalue weighted by atomic mass is 10.1. The standard InChI is InChI=1S/C18H14F3N3O3/c1-23(7-6-19)15-5-3-11-16(25)12(18(26)27)9-24(17(11)22-15)14-4-2-10(20)8-13(14)21/h2-5,8-9H,6-7H2,1H3,(H,26,27). The van der Waals surface area contributed by atoms with Gasteiger partial charge in [-0.2, -0.15) is 0 Å². The number of aromatic nitrogens is 2. The number of rotatable bonds is 5. The Morgan fingerprint density at radius 1 is 1.26 bits per heavy atom. The van der Waals surface area contributed by atoms with Crippen molar-refractivity contribution in [3.05, 3.63) is 63.9 Å². The summed E-state index contributed by atoms with van der Waals surface area (Å²) < 4.78 is 41.2. The third-order valence-electron chi connectivity index (χ3n) is 4.05. The van der Waals surface area contributed by atoms with Crippen LogP contribution in [0.5, 0.6) is 0 Å². The number of fused-ring (bicyclic) bond motifs is 1. The number of anilines is 1. The lowest BCUT2D eigenvalue weighted by Gasteiger charge is -2.18. The summed E-state index contributed by atoms with van der Waals surface area (Å²) in [6.45, 7) is -0.589. The average Bonchev–Trinajstić information content (AvgIpc) is 2.62. The third kappa shape index (κ3) is 3.35. The molecule has 0 fully saturated rings. The molecule has 0 spiro atoms. The number of pyridine rings is 2. The maximum Gasteiger partial charge on any atom is 0.341 e. The smallest absolute Gasteiger partial charge is 0.341 e. The van der Waals surface area contributed by atoms with Crippen LogP contribution >= 0.6 is 0 Å². The quantitative estimate of drug-likeness (QED) is 0.740. The van der Waals surface area contributed by atoms with Gasteiger partial charge in [0.05, 0.1) is 11.1 Å². The van der Waals surface area contributed by atoms with Crippen LogP contribution in [0.15, 0.2) is 41.3 Å². The summed E-state index contributed by atoms with van der Waals surface area (Å²) in [4.78, 5) is 29.6. The number of hydrogen-bond donors (Lipinski definition) is 1. The van der Waals surface area contributed by atoms with E-state index >= 15 is 0 Å². The molecule has 2 heterocycles. The van der Waals surface area contributed by atoms with Gasteiger partial charge in [0.25, 0.3) is 0 Å².